The number of phosphoric ester groups is 2. The van der Waals surface area contributed by atoms with Gasteiger partial charge in [0.25, 0.3) is 15.6 Å². The minimum Gasteiger partial charge on any atom is -0.756 e. The maximum absolute atomic E-state index is 12.0. The molecule has 4 aliphatic heterocycles. The van der Waals surface area contributed by atoms with E-state index in [0.717, 1.165) is 17.2 Å². The zero-order valence-electron chi connectivity index (χ0n) is 17.3. The lowest BCUT2D eigenvalue weighted by molar-refractivity contribution is -0.246. The van der Waals surface area contributed by atoms with Crippen LogP contribution >= 0.6 is 15.6 Å². The summed E-state index contributed by atoms with van der Waals surface area (Å²) in [5.41, 5.74) is -0.334. The van der Waals surface area contributed by atoms with E-state index in [9.17, 15) is 39.3 Å². The molecule has 2 fully saturated rings. The molecule has 0 spiro atoms. The summed E-state index contributed by atoms with van der Waals surface area (Å²) in [6, 6.07) is 0. The van der Waals surface area contributed by atoms with Gasteiger partial charge in [-0.25, -0.2) is 14.3 Å². The molecule has 4 aliphatic rings. The molecule has 2 aromatic heterocycles. The first kappa shape index (κ1) is 25.0. The van der Waals surface area contributed by atoms with Crippen LogP contribution in [0.15, 0.2) is 12.7 Å². The van der Waals surface area contributed by atoms with Gasteiger partial charge in [-0.3, -0.25) is 23.7 Å². The fraction of sp³-hybridized carbons (Fsp3) is 0.667. The Kier molecular flexibility index (Phi) is 6.25. The molecule has 0 radical (unpaired) electrons. The third-order valence-electron chi connectivity index (χ3n) is 5.77. The number of aliphatic hydroxyl groups is 4. The first-order valence-electron chi connectivity index (χ1n) is 10.0. The van der Waals surface area contributed by atoms with Crippen molar-refractivity contribution in [2.45, 2.75) is 49.1 Å². The van der Waals surface area contributed by atoms with Crippen LogP contribution in [0.25, 0.3) is 11.2 Å². The second-order valence-electron chi connectivity index (χ2n) is 7.98. The van der Waals surface area contributed by atoms with Gasteiger partial charge in [0, 0.05) is 0 Å². The fourth-order valence-corrected chi connectivity index (χ4v) is 6.03. The molecule has 20 heteroatoms. The summed E-state index contributed by atoms with van der Waals surface area (Å²) in [5.74, 6) is 0. The van der Waals surface area contributed by atoms with Crippen molar-refractivity contribution in [3.8, 4) is 0 Å². The van der Waals surface area contributed by atoms with Crippen LogP contribution in [0.5, 0.6) is 0 Å². The Bertz CT molecular complexity index is 1290. The molecule has 8 bridgehead atoms. The average molecular weight is 539 g/mol. The second kappa shape index (κ2) is 8.74. The van der Waals surface area contributed by atoms with Crippen molar-refractivity contribution in [2.75, 3.05) is 13.2 Å². The number of imidazole rings is 1. The number of fused-ring (bicyclic) bond motifs is 7. The second-order valence-corrected chi connectivity index (χ2v) is 10.9. The number of nitrogens with zero attached hydrogens (tertiary/aromatic N) is 4. The number of phosphoric acid groups is 2. The van der Waals surface area contributed by atoms with Crippen molar-refractivity contribution >= 4 is 26.8 Å². The predicted molar refractivity (Wildman–Crippen MR) is 101 cm³/mol. The van der Waals surface area contributed by atoms with Gasteiger partial charge in [0.2, 0.25) is 0 Å². The molecule has 6 rings (SSSR count). The highest BCUT2D eigenvalue weighted by Gasteiger charge is 2.47. The lowest BCUT2D eigenvalue weighted by Crippen LogP contribution is -2.36. The molecule has 2 unspecified atom stereocenters. The van der Waals surface area contributed by atoms with Crippen molar-refractivity contribution in [1.29, 1.82) is 5.41 Å². The minimum absolute atomic E-state index is 0.0308. The largest absolute Gasteiger partial charge is 0.756 e. The van der Waals surface area contributed by atoms with Gasteiger partial charge in [0.1, 0.15) is 43.0 Å². The third-order valence-corrected chi connectivity index (χ3v) is 8.30. The third kappa shape index (κ3) is 4.40. The molecular weight excluding hydrogens is 520 g/mol. The van der Waals surface area contributed by atoms with Crippen LogP contribution in [0, 0.1) is 5.41 Å². The van der Waals surface area contributed by atoms with E-state index in [-0.39, 0.29) is 16.7 Å². The Morgan fingerprint density at radius 2 is 1.34 bits per heavy atom. The quantitative estimate of drug-likeness (QED) is 0.199. The van der Waals surface area contributed by atoms with Crippen molar-refractivity contribution < 1.29 is 62.2 Å². The SMILES string of the molecule is N=c1c2ncn3c2ncn1[C@@H]1O[C@H](COP(=O)([O-])OP(=O)([O-])OC[C@H]2O[C@@H]3[C@H](O)[C@@H]2O)[C@@H](O)[C@H]1O. The number of aliphatic hydroxyl groups excluding tert-OH is 4. The predicted octanol–water partition coefficient (Wildman–Crippen LogP) is -4.05. The summed E-state index contributed by atoms with van der Waals surface area (Å²) in [6.45, 7) is -1.89. The molecule has 6 heterocycles. The van der Waals surface area contributed by atoms with Gasteiger partial charge in [-0.1, -0.05) is 0 Å². The van der Waals surface area contributed by atoms with E-state index < -0.39 is 77.9 Å². The maximum atomic E-state index is 12.0. The van der Waals surface area contributed by atoms with Crippen LogP contribution in [-0.4, -0.2) is 89.4 Å². The molecule has 2 saturated heterocycles. The summed E-state index contributed by atoms with van der Waals surface area (Å²) in [7, 11) is -11.1. The van der Waals surface area contributed by atoms with Gasteiger partial charge in [-0.05, 0) is 0 Å². The van der Waals surface area contributed by atoms with Crippen LogP contribution in [0.1, 0.15) is 12.5 Å². The van der Waals surface area contributed by atoms with Gasteiger partial charge in [-0.15, -0.1) is 0 Å². The molecule has 0 saturated carbocycles. The maximum Gasteiger partial charge on any atom is 0.274 e. The van der Waals surface area contributed by atoms with Gasteiger partial charge in [0.15, 0.2) is 29.1 Å². The van der Waals surface area contributed by atoms with Crippen molar-refractivity contribution in [1.82, 2.24) is 19.1 Å². The van der Waals surface area contributed by atoms with E-state index in [0.29, 0.717) is 0 Å². The van der Waals surface area contributed by atoms with E-state index in [1.165, 1.54) is 4.57 Å². The Balaban J connectivity index is 1.58. The Hall–Kier alpha value is -1.63. The van der Waals surface area contributed by atoms with Crippen LogP contribution < -0.4 is 15.3 Å². The Morgan fingerprint density at radius 3 is 1.89 bits per heavy atom. The highest BCUT2D eigenvalue weighted by molar-refractivity contribution is 7.59. The lowest BCUT2D eigenvalue weighted by Gasteiger charge is -2.32. The summed E-state index contributed by atoms with van der Waals surface area (Å²) < 4.78 is 50.1. The van der Waals surface area contributed by atoms with E-state index in [4.69, 9.17) is 14.9 Å². The van der Waals surface area contributed by atoms with Gasteiger partial charge in [-0.2, -0.15) is 0 Å². The summed E-state index contributed by atoms with van der Waals surface area (Å²) in [4.78, 5) is 32.2. The highest BCUT2D eigenvalue weighted by Crippen LogP contribution is 2.56. The first-order chi connectivity index (χ1) is 16.4. The lowest BCUT2D eigenvalue weighted by atomic mass is 10.1. The van der Waals surface area contributed by atoms with Crippen LogP contribution in [-0.2, 0) is 32.0 Å². The summed E-state index contributed by atoms with van der Waals surface area (Å²) >= 11 is 0. The molecule has 35 heavy (non-hydrogen) atoms. The Morgan fingerprint density at radius 1 is 0.857 bits per heavy atom. The van der Waals surface area contributed by atoms with Crippen molar-refractivity contribution in [2.24, 2.45) is 0 Å². The van der Waals surface area contributed by atoms with Gasteiger partial charge < -0.3 is 48.7 Å². The van der Waals surface area contributed by atoms with E-state index in [1.54, 1.807) is 0 Å². The molecule has 10 atom stereocenters. The number of hydrogen-bond donors (Lipinski definition) is 5. The van der Waals surface area contributed by atoms with E-state index >= 15 is 0 Å². The number of rotatable bonds is 0. The van der Waals surface area contributed by atoms with E-state index in [2.05, 4.69) is 23.3 Å². The number of aromatic nitrogens is 4. The molecule has 0 amide bonds. The fourth-order valence-electron chi connectivity index (χ4n) is 4.02. The van der Waals surface area contributed by atoms with Crippen molar-refractivity contribution in [3.05, 3.63) is 18.1 Å². The van der Waals surface area contributed by atoms with E-state index in [1.807, 2.05) is 0 Å². The molecule has 18 nitrogen and oxygen atoms in total. The first-order valence-corrected chi connectivity index (χ1v) is 12.9. The zero-order valence-corrected chi connectivity index (χ0v) is 19.1. The zero-order chi connectivity index (χ0) is 25.3. The number of hydrogen-bond acceptors (Lipinski definition) is 16. The number of ether oxygens (including phenoxy) is 2. The summed E-state index contributed by atoms with van der Waals surface area (Å²) in [6.07, 6.45) is -10.1. The van der Waals surface area contributed by atoms with Crippen molar-refractivity contribution in [3.63, 3.8) is 0 Å². The van der Waals surface area contributed by atoms with Gasteiger partial charge in [0.05, 0.1) is 19.5 Å². The van der Waals surface area contributed by atoms with Crippen LogP contribution in [0.2, 0.25) is 0 Å². The molecule has 2 aromatic rings. The molecular formula is C15H19N5O13P2-2. The normalized spacial score (nSPS) is 44.6. The monoisotopic (exact) mass is 539 g/mol. The number of nitrogens with one attached hydrogen (secondary N) is 1. The molecule has 5 N–H and O–H groups in total. The van der Waals surface area contributed by atoms with Crippen LogP contribution in [0.3, 0.4) is 0 Å². The van der Waals surface area contributed by atoms with Crippen LogP contribution in [0.4, 0.5) is 0 Å². The smallest absolute Gasteiger partial charge is 0.274 e. The summed E-state index contributed by atoms with van der Waals surface area (Å²) in [5, 5.41) is 49.9. The molecule has 0 aromatic carbocycles. The molecule has 0 aliphatic carbocycles. The molecule has 194 valence electrons. The standard InChI is InChI=1S/C15H21N5O13P2/c16-12-7-13-18-4-19(12)14-10(23)8(21)5(31-14)1-29-34(25,26)33-35(27,28)30-2-6-9(22)11(24)15(32-6)20(13)3-17-7/h3-6,8-11,14-16,21-24H,1-2H2,(H,25,26)(H,27,28)/p-2/t5-,6-,8-,9-,10-,11-,14-,15-/m1/s1. The topological polar surface area (TPSA) is 267 Å². The minimum atomic E-state index is -5.57. The Labute approximate surface area is 194 Å². The highest BCUT2D eigenvalue weighted by atomic mass is 31.3. The average Bonchev–Trinajstić information content (AvgIpc) is 3.41. The van der Waals surface area contributed by atoms with Gasteiger partial charge >= 0.3 is 0 Å².